The number of hydrogen-bond acceptors (Lipinski definition) is 3. The number of carbonyl (C=O) groups is 1. The number of fused-ring (bicyclic) bond motifs is 1. The molecule has 1 heterocycles. The van der Waals surface area contributed by atoms with Crippen LogP contribution >= 0.6 is 0 Å². The van der Waals surface area contributed by atoms with Crippen LogP contribution in [0.4, 0.5) is 11.4 Å². The van der Waals surface area contributed by atoms with Crippen LogP contribution in [0.2, 0.25) is 0 Å². The number of hydrogen-bond donors (Lipinski definition) is 2. The lowest BCUT2D eigenvalue weighted by Gasteiger charge is -2.24. The highest BCUT2D eigenvalue weighted by Crippen LogP contribution is 2.29. The third-order valence-electron chi connectivity index (χ3n) is 3.57. The molecule has 20 heavy (non-hydrogen) atoms. The van der Waals surface area contributed by atoms with E-state index in [0.29, 0.717) is 5.56 Å². The molecule has 0 aliphatic carbocycles. The molecule has 2 aromatic carbocycles. The van der Waals surface area contributed by atoms with Crippen molar-refractivity contribution in [2.75, 3.05) is 18.0 Å². The molecule has 4 heteroatoms. The molecule has 0 radical (unpaired) electrons. The summed E-state index contributed by atoms with van der Waals surface area (Å²) in [6, 6.07) is 15.8. The molecule has 1 amide bonds. The van der Waals surface area contributed by atoms with Crippen molar-refractivity contribution in [1.29, 1.82) is 0 Å². The molecule has 4 nitrogen and oxygen atoms in total. The summed E-state index contributed by atoms with van der Waals surface area (Å²) >= 11 is 0. The Labute approximate surface area is 118 Å². The third-order valence-corrected chi connectivity index (χ3v) is 3.57. The van der Waals surface area contributed by atoms with Gasteiger partial charge < -0.3 is 16.0 Å². The van der Waals surface area contributed by atoms with Gasteiger partial charge >= 0.3 is 0 Å². The maximum Gasteiger partial charge on any atom is 0.248 e. The maximum absolute atomic E-state index is 11.1. The molecule has 0 spiro atoms. The van der Waals surface area contributed by atoms with Crippen LogP contribution in [0.1, 0.15) is 15.9 Å². The molecule has 1 aliphatic rings. The Morgan fingerprint density at radius 3 is 2.60 bits per heavy atom. The van der Waals surface area contributed by atoms with Gasteiger partial charge in [-0.05, 0) is 35.9 Å². The minimum atomic E-state index is -0.394. The number of anilines is 2. The van der Waals surface area contributed by atoms with Crippen molar-refractivity contribution in [2.45, 2.75) is 6.54 Å². The van der Waals surface area contributed by atoms with Crippen molar-refractivity contribution in [3.05, 3.63) is 59.7 Å². The molecule has 0 aromatic heterocycles. The van der Waals surface area contributed by atoms with Gasteiger partial charge in [0.25, 0.3) is 0 Å². The second-order valence-corrected chi connectivity index (χ2v) is 4.87. The lowest BCUT2D eigenvalue weighted by atomic mass is 10.1. The van der Waals surface area contributed by atoms with Gasteiger partial charge in [0, 0.05) is 36.6 Å². The molecule has 0 unspecified atom stereocenters. The predicted molar refractivity (Wildman–Crippen MR) is 80.1 cm³/mol. The normalized spacial score (nSPS) is 14.5. The standard InChI is InChI=1S/C16H17N3O/c17-16(20)12-5-7-14(8-6-12)19-10-9-18-11-13-3-1-2-4-15(13)19/h1-8,18H,9-11H2,(H2,17,20). The Bertz CT molecular complexity index is 622. The first-order chi connectivity index (χ1) is 9.75. The average Bonchev–Trinajstić information content (AvgIpc) is 2.69. The van der Waals surface area contributed by atoms with E-state index in [1.54, 1.807) is 12.1 Å². The SMILES string of the molecule is NC(=O)c1ccc(N2CCNCc3ccccc32)cc1. The van der Waals surface area contributed by atoms with Gasteiger partial charge in [0.2, 0.25) is 5.91 Å². The number of primary amides is 1. The quantitative estimate of drug-likeness (QED) is 0.875. The van der Waals surface area contributed by atoms with E-state index in [4.69, 9.17) is 5.73 Å². The summed E-state index contributed by atoms with van der Waals surface area (Å²) in [5, 5.41) is 3.42. The van der Waals surface area contributed by atoms with Crippen LogP contribution in [-0.2, 0) is 6.54 Å². The Morgan fingerprint density at radius 2 is 1.85 bits per heavy atom. The fourth-order valence-electron chi connectivity index (χ4n) is 2.53. The maximum atomic E-state index is 11.1. The van der Waals surface area contributed by atoms with E-state index in [1.165, 1.54) is 11.3 Å². The van der Waals surface area contributed by atoms with Gasteiger partial charge in [0.05, 0.1) is 0 Å². The van der Waals surface area contributed by atoms with Crippen LogP contribution < -0.4 is 16.0 Å². The molecule has 1 aliphatic heterocycles. The molecule has 3 rings (SSSR count). The van der Waals surface area contributed by atoms with Gasteiger partial charge in [-0.15, -0.1) is 0 Å². The molecule has 0 fully saturated rings. The third kappa shape index (κ3) is 2.38. The Balaban J connectivity index is 1.98. The molecule has 3 N–H and O–H groups in total. The van der Waals surface area contributed by atoms with E-state index in [0.717, 1.165) is 25.3 Å². The molecule has 2 aromatic rings. The number of nitrogens with two attached hydrogens (primary N) is 1. The Kier molecular flexibility index (Phi) is 3.39. The minimum Gasteiger partial charge on any atom is -0.366 e. The molecular formula is C16H17N3O. The van der Waals surface area contributed by atoms with E-state index < -0.39 is 5.91 Å². The van der Waals surface area contributed by atoms with E-state index in [9.17, 15) is 4.79 Å². The van der Waals surface area contributed by atoms with Crippen LogP contribution in [0.15, 0.2) is 48.5 Å². The van der Waals surface area contributed by atoms with Crippen molar-refractivity contribution in [3.8, 4) is 0 Å². The monoisotopic (exact) mass is 267 g/mol. The van der Waals surface area contributed by atoms with Crippen molar-refractivity contribution in [2.24, 2.45) is 5.73 Å². The first-order valence-electron chi connectivity index (χ1n) is 6.72. The number of carbonyl (C=O) groups excluding carboxylic acids is 1. The molecule has 0 bridgehead atoms. The Morgan fingerprint density at radius 1 is 1.10 bits per heavy atom. The van der Waals surface area contributed by atoms with Crippen LogP contribution in [0.3, 0.4) is 0 Å². The summed E-state index contributed by atoms with van der Waals surface area (Å²) in [4.78, 5) is 13.4. The number of benzene rings is 2. The van der Waals surface area contributed by atoms with Gasteiger partial charge in [-0.1, -0.05) is 18.2 Å². The van der Waals surface area contributed by atoms with Crippen molar-refractivity contribution < 1.29 is 4.79 Å². The fourth-order valence-corrected chi connectivity index (χ4v) is 2.53. The number of amides is 1. The lowest BCUT2D eigenvalue weighted by Crippen LogP contribution is -2.24. The summed E-state index contributed by atoms with van der Waals surface area (Å²) < 4.78 is 0. The van der Waals surface area contributed by atoms with E-state index in [1.807, 2.05) is 12.1 Å². The summed E-state index contributed by atoms with van der Waals surface area (Å²) in [7, 11) is 0. The van der Waals surface area contributed by atoms with Crippen molar-refractivity contribution in [1.82, 2.24) is 5.32 Å². The first-order valence-corrected chi connectivity index (χ1v) is 6.72. The van der Waals surface area contributed by atoms with Crippen LogP contribution in [0.5, 0.6) is 0 Å². The highest BCUT2D eigenvalue weighted by molar-refractivity contribution is 5.93. The molecule has 0 saturated carbocycles. The topological polar surface area (TPSA) is 58.4 Å². The zero-order valence-corrected chi connectivity index (χ0v) is 11.2. The van der Waals surface area contributed by atoms with Gasteiger partial charge in [0.1, 0.15) is 0 Å². The second kappa shape index (κ2) is 5.35. The second-order valence-electron chi connectivity index (χ2n) is 4.87. The summed E-state index contributed by atoms with van der Waals surface area (Å²) in [5.74, 6) is -0.394. The van der Waals surface area contributed by atoms with Crippen LogP contribution in [-0.4, -0.2) is 19.0 Å². The highest BCUT2D eigenvalue weighted by Gasteiger charge is 2.16. The van der Waals surface area contributed by atoms with Crippen molar-refractivity contribution in [3.63, 3.8) is 0 Å². The zero-order valence-electron chi connectivity index (χ0n) is 11.2. The van der Waals surface area contributed by atoms with Gasteiger partial charge in [-0.3, -0.25) is 4.79 Å². The minimum absolute atomic E-state index is 0.394. The van der Waals surface area contributed by atoms with Gasteiger partial charge in [-0.2, -0.15) is 0 Å². The summed E-state index contributed by atoms with van der Waals surface area (Å²) in [5.41, 5.74) is 9.39. The largest absolute Gasteiger partial charge is 0.366 e. The van der Waals surface area contributed by atoms with Crippen molar-refractivity contribution >= 4 is 17.3 Å². The van der Waals surface area contributed by atoms with E-state index in [2.05, 4.69) is 34.5 Å². The van der Waals surface area contributed by atoms with E-state index >= 15 is 0 Å². The lowest BCUT2D eigenvalue weighted by molar-refractivity contribution is 0.100. The van der Waals surface area contributed by atoms with Crippen LogP contribution in [0, 0.1) is 0 Å². The number of para-hydroxylation sites is 1. The van der Waals surface area contributed by atoms with E-state index in [-0.39, 0.29) is 0 Å². The number of rotatable bonds is 2. The predicted octanol–water partition coefficient (Wildman–Crippen LogP) is 2.03. The van der Waals surface area contributed by atoms with Gasteiger partial charge in [-0.25, -0.2) is 0 Å². The fraction of sp³-hybridized carbons (Fsp3) is 0.188. The summed E-state index contributed by atoms with van der Waals surface area (Å²) in [6.07, 6.45) is 0. The zero-order chi connectivity index (χ0) is 13.9. The Hall–Kier alpha value is -2.33. The van der Waals surface area contributed by atoms with Crippen LogP contribution in [0.25, 0.3) is 0 Å². The number of nitrogens with one attached hydrogen (secondary N) is 1. The number of nitrogens with zero attached hydrogens (tertiary/aromatic N) is 1. The summed E-state index contributed by atoms with van der Waals surface area (Å²) in [6.45, 7) is 2.70. The molecule has 0 atom stereocenters. The van der Waals surface area contributed by atoms with Gasteiger partial charge in [0.15, 0.2) is 0 Å². The highest BCUT2D eigenvalue weighted by atomic mass is 16.1. The molecule has 102 valence electrons. The first kappa shape index (κ1) is 12.7. The molecular weight excluding hydrogens is 250 g/mol. The molecule has 0 saturated heterocycles. The smallest absolute Gasteiger partial charge is 0.248 e. The average molecular weight is 267 g/mol.